The molecule has 3 aromatic heterocycles. The summed E-state index contributed by atoms with van der Waals surface area (Å²) in [6.45, 7) is 1.89. The van der Waals surface area contributed by atoms with Crippen LogP contribution in [0.2, 0.25) is 0 Å². The lowest BCUT2D eigenvalue weighted by Crippen LogP contribution is -1.99. The third-order valence-electron chi connectivity index (χ3n) is 4.52. The Kier molecular flexibility index (Phi) is 5.18. The number of pyridine rings is 1. The highest BCUT2D eigenvalue weighted by molar-refractivity contribution is 7.17. The first-order valence-electron chi connectivity index (χ1n) is 9.02. The molecule has 0 radical (unpaired) electrons. The van der Waals surface area contributed by atoms with Gasteiger partial charge in [0, 0.05) is 18.0 Å². The van der Waals surface area contributed by atoms with Gasteiger partial charge in [-0.2, -0.15) is 0 Å². The van der Waals surface area contributed by atoms with Gasteiger partial charge in [-0.1, -0.05) is 6.07 Å². The minimum Gasteiger partial charge on any atom is -0.493 e. The van der Waals surface area contributed by atoms with Crippen LogP contribution in [0, 0.1) is 6.92 Å². The van der Waals surface area contributed by atoms with Gasteiger partial charge in [0.15, 0.2) is 11.5 Å². The van der Waals surface area contributed by atoms with Crippen LogP contribution in [0.1, 0.15) is 5.82 Å². The van der Waals surface area contributed by atoms with Crippen LogP contribution in [0.25, 0.3) is 21.3 Å². The molecule has 29 heavy (non-hydrogen) atoms. The maximum Gasteiger partial charge on any atom is 0.161 e. The lowest BCUT2D eigenvalue weighted by Gasteiger charge is -2.12. The molecular formula is C21H21N5O2S. The third-order valence-corrected chi connectivity index (χ3v) is 5.39. The lowest BCUT2D eigenvalue weighted by molar-refractivity contribution is 0.355. The zero-order valence-electron chi connectivity index (χ0n) is 16.6. The summed E-state index contributed by atoms with van der Waals surface area (Å²) < 4.78 is 10.8. The van der Waals surface area contributed by atoms with Gasteiger partial charge in [-0.15, -0.1) is 11.3 Å². The Bertz CT molecular complexity index is 1160. The van der Waals surface area contributed by atoms with Crippen molar-refractivity contribution in [1.29, 1.82) is 0 Å². The van der Waals surface area contributed by atoms with Gasteiger partial charge in [0.05, 0.1) is 31.5 Å². The van der Waals surface area contributed by atoms with E-state index in [9.17, 15) is 0 Å². The van der Waals surface area contributed by atoms with Gasteiger partial charge in [-0.3, -0.25) is 0 Å². The molecule has 148 valence electrons. The molecule has 1 aromatic carbocycles. The SMILES string of the molecule is CNc1ccc(Nc2nc(C)nc3scc(-c4ccc(OC)c(OC)c4)c23)cn1. The molecule has 7 nitrogen and oxygen atoms in total. The van der Waals surface area contributed by atoms with Crippen molar-refractivity contribution in [2.45, 2.75) is 6.92 Å². The van der Waals surface area contributed by atoms with Crippen LogP contribution in [-0.2, 0) is 0 Å². The van der Waals surface area contributed by atoms with Crippen LogP contribution in [0.5, 0.6) is 11.5 Å². The highest BCUT2D eigenvalue weighted by atomic mass is 32.1. The van der Waals surface area contributed by atoms with Crippen molar-refractivity contribution >= 4 is 38.9 Å². The van der Waals surface area contributed by atoms with Crippen LogP contribution < -0.4 is 20.1 Å². The van der Waals surface area contributed by atoms with Crippen molar-refractivity contribution in [1.82, 2.24) is 15.0 Å². The smallest absolute Gasteiger partial charge is 0.161 e. The average Bonchev–Trinajstić information content (AvgIpc) is 3.17. The van der Waals surface area contributed by atoms with Crippen molar-refractivity contribution in [2.24, 2.45) is 0 Å². The van der Waals surface area contributed by atoms with Crippen LogP contribution in [0.15, 0.2) is 41.9 Å². The second-order valence-corrected chi connectivity index (χ2v) is 7.18. The molecule has 3 heterocycles. The molecule has 0 aliphatic heterocycles. The first-order chi connectivity index (χ1) is 14.1. The summed E-state index contributed by atoms with van der Waals surface area (Å²) in [7, 11) is 5.10. The van der Waals surface area contributed by atoms with E-state index < -0.39 is 0 Å². The number of thiophene rings is 1. The number of hydrogen-bond donors (Lipinski definition) is 2. The van der Waals surface area contributed by atoms with Gasteiger partial charge in [0.25, 0.3) is 0 Å². The minimum absolute atomic E-state index is 0.679. The molecule has 0 atom stereocenters. The maximum atomic E-state index is 5.47. The predicted molar refractivity (Wildman–Crippen MR) is 118 cm³/mol. The van der Waals surface area contributed by atoms with Crippen LogP contribution in [-0.4, -0.2) is 36.2 Å². The fraction of sp³-hybridized carbons (Fsp3) is 0.190. The second-order valence-electron chi connectivity index (χ2n) is 6.33. The molecule has 2 N–H and O–H groups in total. The Morgan fingerprint density at radius 1 is 1.00 bits per heavy atom. The van der Waals surface area contributed by atoms with Gasteiger partial charge in [0.1, 0.15) is 22.3 Å². The Morgan fingerprint density at radius 2 is 1.83 bits per heavy atom. The van der Waals surface area contributed by atoms with Gasteiger partial charge in [0.2, 0.25) is 0 Å². The maximum absolute atomic E-state index is 5.47. The van der Waals surface area contributed by atoms with E-state index in [2.05, 4.69) is 31.0 Å². The zero-order valence-corrected chi connectivity index (χ0v) is 17.4. The lowest BCUT2D eigenvalue weighted by atomic mass is 10.1. The molecule has 4 aromatic rings. The fourth-order valence-corrected chi connectivity index (χ4v) is 4.10. The van der Waals surface area contributed by atoms with E-state index in [1.807, 2.05) is 44.3 Å². The van der Waals surface area contributed by atoms with E-state index in [1.165, 1.54) is 0 Å². The van der Waals surface area contributed by atoms with E-state index in [4.69, 9.17) is 9.47 Å². The Morgan fingerprint density at radius 3 is 2.52 bits per heavy atom. The molecule has 0 saturated carbocycles. The van der Waals surface area contributed by atoms with Crippen LogP contribution in [0.3, 0.4) is 0 Å². The number of methoxy groups -OCH3 is 2. The third kappa shape index (κ3) is 3.66. The van der Waals surface area contributed by atoms with E-state index in [0.29, 0.717) is 17.3 Å². The highest BCUT2D eigenvalue weighted by Crippen LogP contribution is 2.40. The summed E-state index contributed by atoms with van der Waals surface area (Å²) in [6.07, 6.45) is 1.78. The fourth-order valence-electron chi connectivity index (χ4n) is 3.11. The molecular weight excluding hydrogens is 386 g/mol. The number of aromatic nitrogens is 3. The molecule has 0 spiro atoms. The van der Waals surface area contributed by atoms with Gasteiger partial charge >= 0.3 is 0 Å². The average molecular weight is 407 g/mol. The normalized spacial score (nSPS) is 10.8. The highest BCUT2D eigenvalue weighted by Gasteiger charge is 2.16. The molecule has 0 unspecified atom stereocenters. The molecule has 0 aliphatic rings. The quantitative estimate of drug-likeness (QED) is 0.472. The van der Waals surface area contributed by atoms with E-state index >= 15 is 0 Å². The summed E-state index contributed by atoms with van der Waals surface area (Å²) in [6, 6.07) is 9.75. The van der Waals surface area contributed by atoms with Crippen LogP contribution in [0.4, 0.5) is 17.3 Å². The van der Waals surface area contributed by atoms with Gasteiger partial charge in [-0.05, 0) is 36.8 Å². The number of benzene rings is 1. The van der Waals surface area contributed by atoms with Crippen molar-refractivity contribution < 1.29 is 9.47 Å². The Labute approximate surface area is 172 Å². The molecule has 4 rings (SSSR count). The Hall–Kier alpha value is -3.39. The van der Waals surface area contributed by atoms with E-state index in [0.717, 1.165) is 38.7 Å². The number of rotatable bonds is 6. The summed E-state index contributed by atoms with van der Waals surface area (Å²) in [4.78, 5) is 14.6. The van der Waals surface area contributed by atoms with Crippen molar-refractivity contribution in [3.8, 4) is 22.6 Å². The Balaban J connectivity index is 1.82. The molecule has 0 amide bonds. The van der Waals surface area contributed by atoms with E-state index in [-0.39, 0.29) is 0 Å². The number of hydrogen-bond acceptors (Lipinski definition) is 8. The summed E-state index contributed by atoms with van der Waals surface area (Å²) in [5, 5.41) is 9.47. The molecule has 0 bridgehead atoms. The first kappa shape index (κ1) is 18.9. The van der Waals surface area contributed by atoms with Crippen LogP contribution >= 0.6 is 11.3 Å². The minimum atomic E-state index is 0.679. The van der Waals surface area contributed by atoms with Gasteiger partial charge < -0.3 is 20.1 Å². The van der Waals surface area contributed by atoms with Crippen molar-refractivity contribution in [3.05, 3.63) is 47.7 Å². The van der Waals surface area contributed by atoms with Gasteiger partial charge in [-0.25, -0.2) is 15.0 Å². The number of ether oxygens (including phenoxy) is 2. The second kappa shape index (κ2) is 7.92. The standard InChI is InChI=1S/C21H21N5O2S/c1-12-24-20(26-14-6-8-18(22-2)23-10-14)19-15(11-29-21(19)25-12)13-5-7-16(27-3)17(9-13)28-4/h5-11H,1-4H3,(H,22,23)(H,24,25,26). The van der Waals surface area contributed by atoms with E-state index in [1.54, 1.807) is 31.8 Å². The summed E-state index contributed by atoms with van der Waals surface area (Å²) in [5.74, 6) is 3.63. The number of aryl methyl sites for hydroxylation is 1. The largest absolute Gasteiger partial charge is 0.493 e. The molecule has 0 aliphatic carbocycles. The number of anilines is 3. The van der Waals surface area contributed by atoms with Crippen molar-refractivity contribution in [3.63, 3.8) is 0 Å². The van der Waals surface area contributed by atoms with Crippen molar-refractivity contribution in [2.75, 3.05) is 31.9 Å². The number of nitrogens with one attached hydrogen (secondary N) is 2. The summed E-state index contributed by atoms with van der Waals surface area (Å²) in [5.41, 5.74) is 2.90. The summed E-state index contributed by atoms with van der Waals surface area (Å²) >= 11 is 1.59. The first-order valence-corrected chi connectivity index (χ1v) is 9.90. The zero-order chi connectivity index (χ0) is 20.4. The molecule has 0 fully saturated rings. The topological polar surface area (TPSA) is 81.2 Å². The number of fused-ring (bicyclic) bond motifs is 1. The molecule has 0 saturated heterocycles. The monoisotopic (exact) mass is 407 g/mol. The molecule has 8 heteroatoms. The number of nitrogens with zero attached hydrogens (tertiary/aromatic N) is 3. The predicted octanol–water partition coefficient (Wildman–Crippen LogP) is 4.86.